The number of likely N-dealkylation sites (tertiary alicyclic amines) is 2. The summed E-state index contributed by atoms with van der Waals surface area (Å²) in [5, 5.41) is 18.1. The Morgan fingerprint density at radius 1 is 0.721 bits per heavy atom. The van der Waals surface area contributed by atoms with Crippen LogP contribution in [0.25, 0.3) is 0 Å². The first-order valence-electron chi connectivity index (χ1n) is 13.8. The minimum Gasteiger partial charge on any atom is -0.469 e. The first-order chi connectivity index (χ1) is 19.8. The quantitative estimate of drug-likeness (QED) is 0.194. The molecule has 0 bridgehead atoms. The van der Waals surface area contributed by atoms with Gasteiger partial charge < -0.3 is 39.0 Å². The molecule has 0 aliphatic carbocycles. The van der Waals surface area contributed by atoms with Gasteiger partial charge in [0, 0.05) is 37.8 Å². The van der Waals surface area contributed by atoms with E-state index < -0.39 is 52.9 Å². The van der Waals surface area contributed by atoms with Crippen molar-refractivity contribution in [1.82, 2.24) is 9.80 Å². The van der Waals surface area contributed by atoms with Crippen LogP contribution in [0.1, 0.15) is 67.2 Å². The van der Waals surface area contributed by atoms with Crippen LogP contribution < -0.4 is 0 Å². The normalized spacial score (nSPS) is 16.7. The van der Waals surface area contributed by atoms with E-state index in [1.165, 1.54) is 19.1 Å². The maximum atomic E-state index is 11.9. The van der Waals surface area contributed by atoms with Gasteiger partial charge in [-0.2, -0.15) is 0 Å². The van der Waals surface area contributed by atoms with Crippen molar-refractivity contribution < 1.29 is 57.9 Å². The van der Waals surface area contributed by atoms with E-state index in [1.54, 1.807) is 25.7 Å². The van der Waals surface area contributed by atoms with Crippen LogP contribution in [0.5, 0.6) is 0 Å². The van der Waals surface area contributed by atoms with Crippen LogP contribution in [0.3, 0.4) is 0 Å². The molecule has 43 heavy (non-hydrogen) atoms. The number of aliphatic hydroxyl groups is 2. The highest BCUT2D eigenvalue weighted by molar-refractivity contribution is 6.61. The third-order valence-corrected chi connectivity index (χ3v) is 6.62. The summed E-state index contributed by atoms with van der Waals surface area (Å²) in [7, 11) is 2.61. The Morgan fingerprint density at radius 2 is 1.07 bits per heavy atom. The molecule has 0 saturated carbocycles. The molecule has 14 nitrogen and oxygen atoms in total. The molecule has 0 aromatic heterocycles. The third-order valence-electron chi connectivity index (χ3n) is 6.47. The maximum Gasteiger partial charge on any atom is 0.410 e. The molecule has 0 atom stereocenters. The van der Waals surface area contributed by atoms with E-state index in [9.17, 15) is 28.8 Å². The molecular weight excluding hydrogens is 592 g/mol. The molecular formula is C28H47ClN2O12. The SMILES string of the molecule is CC(C)(C)OC(=O)N1CCC(C(=O)CO)(C(=O)CO)CC1.COC(=O)C1CCN(C(=O)OC(C)(C)C)CC1.COC(=O)Cl. The lowest BCUT2D eigenvalue weighted by Gasteiger charge is -2.39. The van der Waals surface area contributed by atoms with Gasteiger partial charge in [-0.1, -0.05) is 0 Å². The van der Waals surface area contributed by atoms with Gasteiger partial charge in [0.2, 0.25) is 0 Å². The van der Waals surface area contributed by atoms with E-state index in [0.717, 1.165) is 0 Å². The van der Waals surface area contributed by atoms with Crippen molar-refractivity contribution in [3.8, 4) is 0 Å². The summed E-state index contributed by atoms with van der Waals surface area (Å²) in [6.45, 7) is 10.7. The largest absolute Gasteiger partial charge is 0.469 e. The molecule has 0 aromatic carbocycles. The molecule has 2 fully saturated rings. The molecule has 2 saturated heterocycles. The van der Waals surface area contributed by atoms with Crippen LogP contribution in [-0.4, -0.2) is 120 Å². The van der Waals surface area contributed by atoms with Crippen LogP contribution in [-0.2, 0) is 33.3 Å². The number of hydrogen-bond acceptors (Lipinski definition) is 12. The number of Topliss-reactive ketones (excluding diaryl/α,β-unsaturated/α-hetero) is 2. The lowest BCUT2D eigenvalue weighted by Crippen LogP contribution is -2.52. The minimum absolute atomic E-state index is 0.0845. The molecule has 0 spiro atoms. The van der Waals surface area contributed by atoms with Gasteiger partial charge in [-0.3, -0.25) is 14.4 Å². The molecule has 2 aliphatic rings. The van der Waals surface area contributed by atoms with Crippen molar-refractivity contribution in [3.63, 3.8) is 0 Å². The molecule has 2 amide bonds. The van der Waals surface area contributed by atoms with Crippen LogP contribution in [0.15, 0.2) is 0 Å². The molecule has 0 aromatic rings. The van der Waals surface area contributed by atoms with Crippen LogP contribution in [0, 0.1) is 11.3 Å². The van der Waals surface area contributed by atoms with Crippen molar-refractivity contribution in [2.45, 2.75) is 78.4 Å². The zero-order chi connectivity index (χ0) is 33.6. The van der Waals surface area contributed by atoms with Gasteiger partial charge in [0.25, 0.3) is 0 Å². The van der Waals surface area contributed by atoms with E-state index in [4.69, 9.17) is 24.4 Å². The monoisotopic (exact) mass is 638 g/mol. The number of rotatable bonds is 5. The summed E-state index contributed by atoms with van der Waals surface area (Å²) in [5.41, 5.74) is -3.25. The summed E-state index contributed by atoms with van der Waals surface area (Å²) in [6, 6.07) is 0. The Hall–Kier alpha value is -2.97. The van der Waals surface area contributed by atoms with Crippen LogP contribution in [0.2, 0.25) is 0 Å². The third kappa shape index (κ3) is 14.4. The number of ketones is 2. The molecule has 0 unspecified atom stereocenters. The molecule has 248 valence electrons. The van der Waals surface area contributed by atoms with E-state index in [1.807, 2.05) is 20.8 Å². The van der Waals surface area contributed by atoms with E-state index in [0.29, 0.717) is 25.9 Å². The average molecular weight is 639 g/mol. The summed E-state index contributed by atoms with van der Waals surface area (Å²) in [4.78, 5) is 71.2. The molecule has 2 N–H and O–H groups in total. The fourth-order valence-electron chi connectivity index (χ4n) is 4.20. The standard InChI is InChI=1S/C14H23NO6.C12H21NO4.C2H3ClO2/c1-13(2,3)21-12(20)15-6-4-14(5-7-15,10(18)8-16)11(19)9-17;1-12(2,3)17-11(15)13-7-5-9(6-8-13)10(14)16-4;1-5-2(3)4/h16-17H,4-9H2,1-3H3;9H,5-8H2,1-4H3;1H3. The summed E-state index contributed by atoms with van der Waals surface area (Å²) < 4.78 is 19.1. The molecule has 2 heterocycles. The highest BCUT2D eigenvalue weighted by atomic mass is 35.5. The Morgan fingerprint density at radius 3 is 1.35 bits per heavy atom. The second-order valence-corrected chi connectivity index (χ2v) is 12.2. The van der Waals surface area contributed by atoms with E-state index in [-0.39, 0.29) is 43.9 Å². The number of piperidine rings is 2. The van der Waals surface area contributed by atoms with E-state index >= 15 is 0 Å². The predicted molar refractivity (Wildman–Crippen MR) is 154 cm³/mol. The minimum atomic E-state index is -1.39. The predicted octanol–water partition coefficient (Wildman–Crippen LogP) is 2.92. The van der Waals surface area contributed by atoms with E-state index in [2.05, 4.69) is 16.3 Å². The lowest BCUT2D eigenvalue weighted by atomic mass is 9.72. The van der Waals surface area contributed by atoms with Crippen molar-refractivity contribution in [2.75, 3.05) is 53.6 Å². The zero-order valence-electron chi connectivity index (χ0n) is 26.4. The second kappa shape index (κ2) is 18.0. The van der Waals surface area contributed by atoms with Gasteiger partial charge in [0.1, 0.15) is 24.4 Å². The molecule has 0 radical (unpaired) electrons. The number of methoxy groups -OCH3 is 2. The van der Waals surface area contributed by atoms with Crippen molar-refractivity contribution in [2.24, 2.45) is 11.3 Å². The Kier molecular flexibility index (Phi) is 16.7. The number of aliphatic hydroxyl groups excluding tert-OH is 2. The van der Waals surface area contributed by atoms with Crippen molar-refractivity contribution >= 4 is 46.8 Å². The van der Waals surface area contributed by atoms with Gasteiger partial charge in [-0.05, 0) is 67.2 Å². The molecule has 15 heteroatoms. The number of nitrogens with zero attached hydrogens (tertiary/aromatic N) is 2. The van der Waals surface area contributed by atoms with Crippen molar-refractivity contribution in [3.05, 3.63) is 0 Å². The number of amides is 2. The van der Waals surface area contributed by atoms with Gasteiger partial charge in [0.05, 0.1) is 25.6 Å². The van der Waals surface area contributed by atoms with Crippen molar-refractivity contribution in [1.29, 1.82) is 0 Å². The first-order valence-corrected chi connectivity index (χ1v) is 14.2. The van der Waals surface area contributed by atoms with Gasteiger partial charge in [0.15, 0.2) is 11.6 Å². The average Bonchev–Trinajstić information content (AvgIpc) is 2.94. The summed E-state index contributed by atoms with van der Waals surface area (Å²) in [5.74, 6) is -1.48. The summed E-state index contributed by atoms with van der Waals surface area (Å²) >= 11 is 4.60. The number of carbonyl (C=O) groups excluding carboxylic acids is 6. The van der Waals surface area contributed by atoms with Crippen LogP contribution >= 0.6 is 11.6 Å². The first kappa shape index (κ1) is 40.0. The number of carbonyl (C=O) groups is 6. The topological polar surface area (TPSA) is 186 Å². The smallest absolute Gasteiger partial charge is 0.410 e. The van der Waals surface area contributed by atoms with Gasteiger partial charge >= 0.3 is 23.6 Å². The summed E-state index contributed by atoms with van der Waals surface area (Å²) in [6.07, 6.45) is 0.665. The van der Waals surface area contributed by atoms with Gasteiger partial charge in [-0.15, -0.1) is 0 Å². The van der Waals surface area contributed by atoms with Crippen LogP contribution in [0.4, 0.5) is 14.4 Å². The lowest BCUT2D eigenvalue weighted by molar-refractivity contribution is -0.148. The Labute approximate surface area is 257 Å². The fraction of sp³-hybridized carbons (Fsp3) is 0.786. The highest BCUT2D eigenvalue weighted by Gasteiger charge is 2.47. The second-order valence-electron chi connectivity index (χ2n) is 11.9. The Bertz CT molecular complexity index is 940. The molecule has 2 rings (SSSR count). The fourth-order valence-corrected chi connectivity index (χ4v) is 4.20. The van der Waals surface area contributed by atoms with Gasteiger partial charge in [-0.25, -0.2) is 14.4 Å². The molecule has 2 aliphatic heterocycles. The maximum absolute atomic E-state index is 11.9. The number of ether oxygens (including phenoxy) is 4. The number of halogens is 1. The highest BCUT2D eigenvalue weighted by Crippen LogP contribution is 2.34. The number of esters is 1. The number of hydrogen-bond donors (Lipinski definition) is 2. The zero-order valence-corrected chi connectivity index (χ0v) is 27.2. The Balaban J connectivity index is 0.000000720.